The van der Waals surface area contributed by atoms with Crippen LogP contribution < -0.4 is 0 Å². The summed E-state index contributed by atoms with van der Waals surface area (Å²) < 4.78 is 4.75. The van der Waals surface area contributed by atoms with E-state index in [1.54, 1.807) is 0 Å². The molecule has 0 N–H and O–H groups in total. The van der Waals surface area contributed by atoms with Gasteiger partial charge in [0, 0.05) is 0 Å². The van der Waals surface area contributed by atoms with Crippen molar-refractivity contribution in [1.29, 1.82) is 0 Å². The summed E-state index contributed by atoms with van der Waals surface area (Å²) in [6.45, 7) is 4.23. The van der Waals surface area contributed by atoms with Gasteiger partial charge in [-0.15, -0.1) is 0 Å². The van der Waals surface area contributed by atoms with E-state index in [0.29, 0.717) is 6.61 Å². The number of hydrogen-bond acceptors (Lipinski definition) is 2. The van der Waals surface area contributed by atoms with Crippen LogP contribution in [0.2, 0.25) is 0 Å². The average molecular weight is 126 g/mol. The Labute approximate surface area is 54.5 Å². The Morgan fingerprint density at radius 3 is 2.78 bits per heavy atom. The van der Waals surface area contributed by atoms with Gasteiger partial charge in [0.05, 0.1) is 12.5 Å². The van der Waals surface area contributed by atoms with Gasteiger partial charge < -0.3 is 4.74 Å². The second-order valence-corrected chi connectivity index (χ2v) is 2.14. The smallest absolute Gasteiger partial charge is 0.316 e. The summed E-state index contributed by atoms with van der Waals surface area (Å²) in [7, 11) is 0. The van der Waals surface area contributed by atoms with Crippen LogP contribution in [0.25, 0.3) is 0 Å². The van der Waals surface area contributed by atoms with Gasteiger partial charge in [0.2, 0.25) is 0 Å². The highest BCUT2D eigenvalue weighted by Gasteiger charge is 2.29. The maximum Gasteiger partial charge on any atom is 0.316 e. The van der Waals surface area contributed by atoms with Crippen molar-refractivity contribution in [1.82, 2.24) is 0 Å². The molecule has 0 aromatic carbocycles. The van der Waals surface area contributed by atoms with Crippen LogP contribution in [0.15, 0.2) is 11.6 Å². The summed E-state index contributed by atoms with van der Waals surface area (Å²) in [5.74, 6) is -0.0834. The largest absolute Gasteiger partial charge is 0.465 e. The third kappa shape index (κ3) is 1.31. The first-order valence-electron chi connectivity index (χ1n) is 3.10. The van der Waals surface area contributed by atoms with Gasteiger partial charge in [-0.25, -0.2) is 0 Å². The van der Waals surface area contributed by atoms with Crippen molar-refractivity contribution < 1.29 is 9.53 Å². The Kier molecular flexibility index (Phi) is 1.56. The van der Waals surface area contributed by atoms with E-state index in [0.717, 1.165) is 5.57 Å². The van der Waals surface area contributed by atoms with E-state index >= 15 is 0 Å². The molecule has 0 aromatic heterocycles. The molecule has 2 nitrogen and oxygen atoms in total. The second kappa shape index (κ2) is 2.21. The van der Waals surface area contributed by atoms with E-state index in [4.69, 9.17) is 4.74 Å². The molecule has 1 aliphatic carbocycles. The molecule has 0 saturated heterocycles. The molecule has 0 heterocycles. The van der Waals surface area contributed by atoms with E-state index < -0.39 is 0 Å². The van der Waals surface area contributed by atoms with Crippen LogP contribution in [0.4, 0.5) is 0 Å². The van der Waals surface area contributed by atoms with Crippen LogP contribution in [-0.2, 0) is 9.53 Å². The summed E-state index contributed by atoms with van der Waals surface area (Å²) in [5, 5.41) is 0. The van der Waals surface area contributed by atoms with Crippen LogP contribution in [0.1, 0.15) is 13.8 Å². The molecule has 0 bridgehead atoms. The lowest BCUT2D eigenvalue weighted by Gasteiger charge is -1.97. The lowest BCUT2D eigenvalue weighted by Crippen LogP contribution is -2.07. The molecule has 0 radical (unpaired) electrons. The first kappa shape index (κ1) is 6.33. The van der Waals surface area contributed by atoms with Gasteiger partial charge in [0.15, 0.2) is 0 Å². The molecule has 0 aromatic rings. The van der Waals surface area contributed by atoms with Crippen LogP contribution in [0, 0.1) is 5.92 Å². The molecule has 1 unspecified atom stereocenters. The molecule has 0 aliphatic heterocycles. The number of ether oxygens (including phenoxy) is 1. The Balaban J connectivity index is 2.22. The zero-order valence-electron chi connectivity index (χ0n) is 5.68. The van der Waals surface area contributed by atoms with Crippen molar-refractivity contribution in [3.8, 4) is 0 Å². The van der Waals surface area contributed by atoms with Gasteiger partial charge in [0.25, 0.3) is 0 Å². The van der Waals surface area contributed by atoms with Gasteiger partial charge in [-0.05, 0) is 13.8 Å². The first-order valence-corrected chi connectivity index (χ1v) is 3.10. The van der Waals surface area contributed by atoms with Crippen LogP contribution in [0.3, 0.4) is 0 Å². The summed E-state index contributed by atoms with van der Waals surface area (Å²) in [6.07, 6.45) is 1.90. The zero-order valence-corrected chi connectivity index (χ0v) is 5.68. The lowest BCUT2D eigenvalue weighted by molar-refractivity contribution is -0.143. The van der Waals surface area contributed by atoms with Gasteiger partial charge in [-0.3, -0.25) is 4.79 Å². The zero-order chi connectivity index (χ0) is 6.85. The van der Waals surface area contributed by atoms with E-state index in [1.807, 2.05) is 19.9 Å². The van der Waals surface area contributed by atoms with Gasteiger partial charge in [-0.2, -0.15) is 0 Å². The quantitative estimate of drug-likeness (QED) is 0.409. The molecule has 0 amide bonds. The third-order valence-electron chi connectivity index (χ3n) is 1.35. The molecule has 1 aliphatic rings. The SMILES string of the molecule is CCOC(=O)C1C=C1C. The molecule has 0 spiro atoms. The van der Waals surface area contributed by atoms with E-state index in [2.05, 4.69) is 0 Å². The van der Waals surface area contributed by atoms with Crippen LogP contribution in [-0.4, -0.2) is 12.6 Å². The Morgan fingerprint density at radius 1 is 1.89 bits per heavy atom. The summed E-state index contributed by atoms with van der Waals surface area (Å²) in [4.78, 5) is 10.7. The van der Waals surface area contributed by atoms with Crippen LogP contribution in [0.5, 0.6) is 0 Å². The number of rotatable bonds is 2. The fraction of sp³-hybridized carbons (Fsp3) is 0.571. The Hall–Kier alpha value is -0.790. The molecule has 9 heavy (non-hydrogen) atoms. The van der Waals surface area contributed by atoms with Crippen molar-refractivity contribution in [2.45, 2.75) is 13.8 Å². The van der Waals surface area contributed by atoms with E-state index in [-0.39, 0.29) is 11.9 Å². The third-order valence-corrected chi connectivity index (χ3v) is 1.35. The Bertz CT molecular complexity index is 158. The number of hydrogen-bond donors (Lipinski definition) is 0. The molecule has 1 atom stereocenters. The summed E-state index contributed by atoms with van der Waals surface area (Å²) in [5.41, 5.74) is 1.13. The van der Waals surface area contributed by atoms with Gasteiger partial charge in [-0.1, -0.05) is 11.6 Å². The monoisotopic (exact) mass is 126 g/mol. The van der Waals surface area contributed by atoms with Crippen molar-refractivity contribution >= 4 is 5.97 Å². The highest BCUT2D eigenvalue weighted by molar-refractivity contribution is 5.82. The maximum atomic E-state index is 10.7. The highest BCUT2D eigenvalue weighted by atomic mass is 16.5. The molecule has 1 rings (SSSR count). The normalized spacial score (nSPS) is 22.9. The van der Waals surface area contributed by atoms with Gasteiger partial charge >= 0.3 is 5.97 Å². The molecular formula is C7H10O2. The highest BCUT2D eigenvalue weighted by Crippen LogP contribution is 2.28. The van der Waals surface area contributed by atoms with E-state index in [9.17, 15) is 4.79 Å². The standard InChI is InChI=1S/C7H10O2/c1-3-9-7(8)6-4-5(6)2/h4,6H,3H2,1-2H3. The van der Waals surface area contributed by atoms with Crippen molar-refractivity contribution in [2.24, 2.45) is 5.92 Å². The minimum Gasteiger partial charge on any atom is -0.465 e. The number of carbonyl (C=O) groups is 1. The fourth-order valence-corrected chi connectivity index (χ4v) is 0.701. The molecular weight excluding hydrogens is 116 g/mol. The van der Waals surface area contributed by atoms with Crippen molar-refractivity contribution in [3.05, 3.63) is 11.6 Å². The predicted octanol–water partition coefficient (Wildman–Crippen LogP) is 1.13. The minimum absolute atomic E-state index is 0.0185. The van der Waals surface area contributed by atoms with Crippen LogP contribution >= 0.6 is 0 Å². The van der Waals surface area contributed by atoms with Gasteiger partial charge in [0.1, 0.15) is 0 Å². The summed E-state index contributed by atoms with van der Waals surface area (Å²) in [6, 6.07) is 0. The first-order chi connectivity index (χ1) is 4.25. The minimum atomic E-state index is -0.102. The second-order valence-electron chi connectivity index (χ2n) is 2.14. The predicted molar refractivity (Wildman–Crippen MR) is 33.9 cm³/mol. The molecule has 0 saturated carbocycles. The molecule has 0 fully saturated rings. The maximum absolute atomic E-state index is 10.7. The molecule has 50 valence electrons. The Morgan fingerprint density at radius 2 is 2.44 bits per heavy atom. The average Bonchev–Trinajstić information content (AvgIpc) is 2.47. The molecule has 2 heteroatoms. The topological polar surface area (TPSA) is 26.3 Å². The number of carbonyl (C=O) groups excluding carboxylic acids is 1. The van der Waals surface area contributed by atoms with Crippen molar-refractivity contribution in [3.63, 3.8) is 0 Å². The van der Waals surface area contributed by atoms with Crippen molar-refractivity contribution in [2.75, 3.05) is 6.61 Å². The van der Waals surface area contributed by atoms with E-state index in [1.165, 1.54) is 0 Å². The summed E-state index contributed by atoms with van der Waals surface area (Å²) >= 11 is 0. The lowest BCUT2D eigenvalue weighted by atomic mass is 10.3. The fourth-order valence-electron chi connectivity index (χ4n) is 0.701. The number of esters is 1.